The van der Waals surface area contributed by atoms with Gasteiger partial charge in [0.1, 0.15) is 0 Å². The molecule has 25 heavy (non-hydrogen) atoms. The molecule has 6 heteroatoms. The Morgan fingerprint density at radius 1 is 1.12 bits per heavy atom. The Balaban J connectivity index is 1.40. The summed E-state index contributed by atoms with van der Waals surface area (Å²) in [6, 6.07) is 4.18. The van der Waals surface area contributed by atoms with E-state index < -0.39 is 0 Å². The molecule has 0 saturated carbocycles. The van der Waals surface area contributed by atoms with Crippen LogP contribution in [-0.2, 0) is 24.9 Å². The van der Waals surface area contributed by atoms with E-state index in [0.717, 1.165) is 52.5 Å². The van der Waals surface area contributed by atoms with Gasteiger partial charge in [0.2, 0.25) is 0 Å². The van der Waals surface area contributed by atoms with E-state index in [2.05, 4.69) is 32.1 Å². The van der Waals surface area contributed by atoms with E-state index in [1.165, 1.54) is 17.5 Å². The fourth-order valence-corrected chi connectivity index (χ4v) is 4.19. The van der Waals surface area contributed by atoms with Crippen LogP contribution in [0.25, 0.3) is 0 Å². The molecule has 6 nitrogen and oxygen atoms in total. The lowest BCUT2D eigenvalue weighted by atomic mass is 9.87. The van der Waals surface area contributed by atoms with E-state index in [0.29, 0.717) is 0 Å². The average Bonchev–Trinajstić information content (AvgIpc) is 3.12. The maximum atomic E-state index is 6.00. The first kappa shape index (κ1) is 16.7. The van der Waals surface area contributed by atoms with Crippen LogP contribution in [0.2, 0.25) is 0 Å². The van der Waals surface area contributed by atoms with Crippen LogP contribution in [0, 0.1) is 5.41 Å². The molecule has 0 aromatic carbocycles. The third kappa shape index (κ3) is 4.08. The van der Waals surface area contributed by atoms with Gasteiger partial charge in [-0.2, -0.15) is 5.10 Å². The zero-order chi connectivity index (χ0) is 17.1. The van der Waals surface area contributed by atoms with Gasteiger partial charge in [-0.15, -0.1) is 0 Å². The van der Waals surface area contributed by atoms with Crippen LogP contribution in [0.5, 0.6) is 0 Å². The van der Waals surface area contributed by atoms with E-state index in [4.69, 9.17) is 4.74 Å². The van der Waals surface area contributed by atoms with Crippen molar-refractivity contribution in [3.63, 3.8) is 0 Å². The maximum Gasteiger partial charge on any atom is 0.0593 e. The van der Waals surface area contributed by atoms with Gasteiger partial charge in [0.05, 0.1) is 19.4 Å². The highest BCUT2D eigenvalue weighted by atomic mass is 16.5. The molecule has 1 spiro atoms. The number of likely N-dealkylation sites (tertiary alicyclic amines) is 1. The van der Waals surface area contributed by atoms with E-state index in [9.17, 15) is 0 Å². The summed E-state index contributed by atoms with van der Waals surface area (Å²) < 4.78 is 7.88. The highest BCUT2D eigenvalue weighted by Crippen LogP contribution is 2.34. The number of hydrogen-bond acceptors (Lipinski definition) is 5. The highest BCUT2D eigenvalue weighted by molar-refractivity contribution is 5.09. The second-order valence-electron chi connectivity index (χ2n) is 7.61. The van der Waals surface area contributed by atoms with Gasteiger partial charge in [-0.1, -0.05) is 6.07 Å². The fraction of sp³-hybridized carbons (Fsp3) is 0.579. The second kappa shape index (κ2) is 7.23. The summed E-state index contributed by atoms with van der Waals surface area (Å²) in [6.45, 7) is 7.99. The highest BCUT2D eigenvalue weighted by Gasteiger charge is 2.41. The van der Waals surface area contributed by atoms with Crippen molar-refractivity contribution in [2.24, 2.45) is 12.5 Å². The van der Waals surface area contributed by atoms with Crippen molar-refractivity contribution in [2.75, 3.05) is 39.4 Å². The quantitative estimate of drug-likeness (QED) is 0.844. The maximum absolute atomic E-state index is 6.00. The molecule has 2 aromatic rings. The standard InChI is InChI=1S/C19H27N5O/c1-22-11-18(10-21-22)13-24-7-8-25-16-19(15-24)4-6-23(14-19)12-17-3-2-5-20-9-17/h2-3,5,9-11H,4,6-8,12-16H2,1H3/t19-/m1/s1. The van der Waals surface area contributed by atoms with Crippen molar-refractivity contribution in [3.8, 4) is 0 Å². The largest absolute Gasteiger partial charge is 0.379 e. The molecule has 2 fully saturated rings. The third-order valence-electron chi connectivity index (χ3n) is 5.33. The number of pyridine rings is 1. The van der Waals surface area contributed by atoms with Gasteiger partial charge in [-0.05, 0) is 24.6 Å². The van der Waals surface area contributed by atoms with Crippen LogP contribution in [0.1, 0.15) is 17.5 Å². The molecule has 4 heterocycles. The Labute approximate surface area is 149 Å². The minimum atomic E-state index is 0.251. The van der Waals surface area contributed by atoms with E-state index in [1.54, 1.807) is 0 Å². The van der Waals surface area contributed by atoms with Gasteiger partial charge in [0.25, 0.3) is 0 Å². The zero-order valence-electron chi connectivity index (χ0n) is 15.0. The van der Waals surface area contributed by atoms with Crippen LogP contribution in [0.15, 0.2) is 36.9 Å². The molecule has 1 atom stereocenters. The Morgan fingerprint density at radius 3 is 2.72 bits per heavy atom. The average molecular weight is 341 g/mol. The molecule has 0 amide bonds. The molecule has 2 saturated heterocycles. The first-order chi connectivity index (χ1) is 12.2. The Morgan fingerprint density at radius 2 is 1.96 bits per heavy atom. The number of hydrogen-bond donors (Lipinski definition) is 0. The van der Waals surface area contributed by atoms with Gasteiger partial charge in [0, 0.05) is 69.3 Å². The van der Waals surface area contributed by atoms with Crippen LogP contribution in [-0.4, -0.2) is 64.0 Å². The SMILES string of the molecule is Cn1cc(CN2CCOC[C@@]3(CCN(Cc4cccnc4)C3)C2)cn1. The minimum absolute atomic E-state index is 0.251. The first-order valence-electron chi connectivity index (χ1n) is 9.10. The number of aryl methyl sites for hydroxylation is 1. The summed E-state index contributed by atoms with van der Waals surface area (Å²) in [7, 11) is 1.98. The number of rotatable bonds is 4. The third-order valence-corrected chi connectivity index (χ3v) is 5.33. The fourth-order valence-electron chi connectivity index (χ4n) is 4.19. The molecule has 134 valence electrons. The normalized spacial score (nSPS) is 25.5. The molecule has 0 bridgehead atoms. The molecule has 4 rings (SSSR count). The second-order valence-corrected chi connectivity index (χ2v) is 7.61. The Kier molecular flexibility index (Phi) is 4.83. The molecule has 0 N–H and O–H groups in total. The van der Waals surface area contributed by atoms with Gasteiger partial charge in [0.15, 0.2) is 0 Å². The van der Waals surface area contributed by atoms with Crippen LogP contribution < -0.4 is 0 Å². The molecule has 0 unspecified atom stereocenters. The summed E-state index contributed by atoms with van der Waals surface area (Å²) >= 11 is 0. The molecule has 2 aliphatic heterocycles. The number of ether oxygens (including phenoxy) is 1. The molecule has 0 aliphatic carbocycles. The number of aromatic nitrogens is 3. The van der Waals surface area contributed by atoms with Crippen molar-refractivity contribution in [1.29, 1.82) is 0 Å². The lowest BCUT2D eigenvalue weighted by Gasteiger charge is -2.31. The zero-order valence-corrected chi connectivity index (χ0v) is 15.0. The van der Waals surface area contributed by atoms with Gasteiger partial charge >= 0.3 is 0 Å². The summed E-state index contributed by atoms with van der Waals surface area (Å²) in [5.41, 5.74) is 2.83. The van der Waals surface area contributed by atoms with Crippen molar-refractivity contribution in [3.05, 3.63) is 48.0 Å². The van der Waals surface area contributed by atoms with Crippen LogP contribution in [0.4, 0.5) is 0 Å². The van der Waals surface area contributed by atoms with Gasteiger partial charge < -0.3 is 4.74 Å². The molecule has 2 aliphatic rings. The summed E-state index contributed by atoms with van der Waals surface area (Å²) in [5.74, 6) is 0. The number of nitrogens with zero attached hydrogens (tertiary/aromatic N) is 5. The predicted octanol–water partition coefficient (Wildman–Crippen LogP) is 1.54. The Bertz CT molecular complexity index is 688. The smallest absolute Gasteiger partial charge is 0.0593 e. The van der Waals surface area contributed by atoms with Crippen LogP contribution in [0.3, 0.4) is 0 Å². The van der Waals surface area contributed by atoms with Crippen molar-refractivity contribution < 1.29 is 4.74 Å². The molecular weight excluding hydrogens is 314 g/mol. The van der Waals surface area contributed by atoms with E-state index in [-0.39, 0.29) is 5.41 Å². The van der Waals surface area contributed by atoms with E-state index >= 15 is 0 Å². The summed E-state index contributed by atoms with van der Waals surface area (Å²) in [5, 5.41) is 4.30. The Hall–Kier alpha value is -1.76. The summed E-state index contributed by atoms with van der Waals surface area (Å²) in [4.78, 5) is 9.33. The topological polar surface area (TPSA) is 46.4 Å². The molecule has 2 aromatic heterocycles. The first-order valence-corrected chi connectivity index (χ1v) is 9.10. The summed E-state index contributed by atoms with van der Waals surface area (Å²) in [6.07, 6.45) is 9.11. The van der Waals surface area contributed by atoms with E-state index in [1.807, 2.05) is 36.4 Å². The van der Waals surface area contributed by atoms with Crippen LogP contribution >= 0.6 is 0 Å². The van der Waals surface area contributed by atoms with Gasteiger partial charge in [-0.3, -0.25) is 19.5 Å². The minimum Gasteiger partial charge on any atom is -0.379 e. The lowest BCUT2D eigenvalue weighted by Crippen LogP contribution is -2.40. The monoisotopic (exact) mass is 341 g/mol. The molecular formula is C19H27N5O. The molecule has 0 radical (unpaired) electrons. The van der Waals surface area contributed by atoms with Crippen molar-refractivity contribution >= 4 is 0 Å². The van der Waals surface area contributed by atoms with Crippen molar-refractivity contribution in [1.82, 2.24) is 24.6 Å². The lowest BCUT2D eigenvalue weighted by molar-refractivity contribution is 0.0706. The van der Waals surface area contributed by atoms with Crippen molar-refractivity contribution in [2.45, 2.75) is 19.5 Å². The van der Waals surface area contributed by atoms with Gasteiger partial charge in [-0.25, -0.2) is 0 Å². The predicted molar refractivity (Wildman–Crippen MR) is 95.9 cm³/mol.